The molecule has 0 saturated heterocycles. The van der Waals surface area contributed by atoms with E-state index in [0.29, 0.717) is 6.07 Å². The van der Waals surface area contributed by atoms with Crippen molar-refractivity contribution in [2.45, 2.75) is 0 Å². The Morgan fingerprint density at radius 1 is 1.26 bits per heavy atom. The molecule has 0 bridgehead atoms. The lowest BCUT2D eigenvalue weighted by atomic mass is 10.3. The average molecular weight is 265 g/mol. The smallest absolute Gasteiger partial charge is 0.276 e. The molecule has 2 aromatic rings. The van der Waals surface area contributed by atoms with Crippen LogP contribution >= 0.6 is 0 Å². The van der Waals surface area contributed by atoms with Gasteiger partial charge in [0.25, 0.3) is 5.91 Å². The third-order valence-electron chi connectivity index (χ3n) is 2.19. The molecule has 6 nitrogen and oxygen atoms in total. The fourth-order valence-corrected chi connectivity index (χ4v) is 1.32. The molecule has 1 amide bonds. The van der Waals surface area contributed by atoms with Crippen molar-refractivity contribution in [1.29, 1.82) is 0 Å². The molecule has 0 saturated carbocycles. The Labute approximate surface area is 106 Å². The van der Waals surface area contributed by atoms with Crippen LogP contribution in [0.2, 0.25) is 0 Å². The number of carbonyl (C=O) groups is 1. The predicted octanol–water partition coefficient (Wildman–Crippen LogP) is 1.29. The Morgan fingerprint density at radius 2 is 2.05 bits per heavy atom. The molecule has 0 aliphatic heterocycles. The van der Waals surface area contributed by atoms with Gasteiger partial charge in [0.15, 0.2) is 5.82 Å². The number of hydrogen-bond donors (Lipinski definition) is 3. The van der Waals surface area contributed by atoms with Gasteiger partial charge in [0.1, 0.15) is 17.3 Å². The van der Waals surface area contributed by atoms with Gasteiger partial charge in [-0.3, -0.25) is 9.78 Å². The van der Waals surface area contributed by atoms with E-state index < -0.39 is 17.5 Å². The second kappa shape index (κ2) is 5.36. The fourth-order valence-electron chi connectivity index (χ4n) is 1.32. The van der Waals surface area contributed by atoms with E-state index in [1.54, 1.807) is 0 Å². The number of nitrogens with two attached hydrogens (primary N) is 1. The largest absolute Gasteiger partial charge is 0.318 e. The minimum Gasteiger partial charge on any atom is -0.318 e. The summed E-state index contributed by atoms with van der Waals surface area (Å²) in [6.07, 6.45) is 2.51. The summed E-state index contributed by atoms with van der Waals surface area (Å²) >= 11 is 0. The van der Waals surface area contributed by atoms with Crippen LogP contribution in [0.25, 0.3) is 0 Å². The van der Waals surface area contributed by atoms with Crippen molar-refractivity contribution in [1.82, 2.24) is 9.97 Å². The summed E-state index contributed by atoms with van der Waals surface area (Å²) in [5, 5.41) is 2.25. The normalized spacial score (nSPS) is 10.1. The molecule has 1 aromatic heterocycles. The van der Waals surface area contributed by atoms with Crippen LogP contribution in [0.4, 0.5) is 20.3 Å². The van der Waals surface area contributed by atoms with Gasteiger partial charge in [-0.25, -0.2) is 19.6 Å². The predicted molar refractivity (Wildman–Crippen MR) is 64.2 cm³/mol. The highest BCUT2D eigenvalue weighted by molar-refractivity contribution is 6.02. The van der Waals surface area contributed by atoms with Gasteiger partial charge in [-0.05, 0) is 12.1 Å². The molecule has 2 rings (SSSR count). The second-order valence-corrected chi connectivity index (χ2v) is 3.51. The lowest BCUT2D eigenvalue weighted by Gasteiger charge is -2.06. The molecule has 0 fully saturated rings. The fraction of sp³-hybridized carbons (Fsp3) is 0. The molecule has 1 aromatic carbocycles. The number of nitrogens with zero attached hydrogens (tertiary/aromatic N) is 2. The number of halogens is 2. The standard InChI is InChI=1S/C11H9F2N5O/c12-6-1-2-8(7(13)3-6)17-11(19)9-4-15-5-10(16-9)18-14/h1-5H,14H2,(H,16,18)(H,17,19). The van der Waals surface area contributed by atoms with Crippen molar-refractivity contribution < 1.29 is 13.6 Å². The van der Waals surface area contributed by atoms with Gasteiger partial charge in [-0.2, -0.15) is 0 Å². The molecular formula is C11H9F2N5O. The number of nitrogens with one attached hydrogen (secondary N) is 2. The van der Waals surface area contributed by atoms with Crippen LogP contribution in [0, 0.1) is 11.6 Å². The van der Waals surface area contributed by atoms with E-state index in [0.717, 1.165) is 12.1 Å². The first-order valence-corrected chi connectivity index (χ1v) is 5.15. The molecule has 19 heavy (non-hydrogen) atoms. The molecule has 0 aliphatic carbocycles. The minimum absolute atomic E-state index is 0.0563. The maximum Gasteiger partial charge on any atom is 0.276 e. The first-order valence-electron chi connectivity index (χ1n) is 5.15. The van der Waals surface area contributed by atoms with Crippen LogP contribution in [0.5, 0.6) is 0 Å². The summed E-state index contributed by atoms with van der Waals surface area (Å²) in [6.45, 7) is 0. The Kier molecular flexibility index (Phi) is 3.62. The second-order valence-electron chi connectivity index (χ2n) is 3.51. The molecule has 0 radical (unpaired) electrons. The van der Waals surface area contributed by atoms with Crippen LogP contribution in [-0.4, -0.2) is 15.9 Å². The van der Waals surface area contributed by atoms with E-state index in [1.807, 2.05) is 0 Å². The highest BCUT2D eigenvalue weighted by Gasteiger charge is 2.12. The van der Waals surface area contributed by atoms with Gasteiger partial charge in [0.2, 0.25) is 0 Å². The molecule has 0 unspecified atom stereocenters. The number of nitrogen functional groups attached to an aromatic ring is 1. The van der Waals surface area contributed by atoms with E-state index in [1.165, 1.54) is 12.4 Å². The highest BCUT2D eigenvalue weighted by Crippen LogP contribution is 2.15. The number of amides is 1. The summed E-state index contributed by atoms with van der Waals surface area (Å²) in [6, 6.07) is 2.81. The first-order chi connectivity index (χ1) is 9.10. The third-order valence-corrected chi connectivity index (χ3v) is 2.19. The first kappa shape index (κ1) is 12.8. The maximum absolute atomic E-state index is 13.3. The molecule has 4 N–H and O–H groups in total. The molecule has 1 heterocycles. The van der Waals surface area contributed by atoms with Crippen molar-refractivity contribution in [3.63, 3.8) is 0 Å². The zero-order valence-corrected chi connectivity index (χ0v) is 9.52. The summed E-state index contributed by atoms with van der Waals surface area (Å²) in [5.41, 5.74) is 2.02. The van der Waals surface area contributed by atoms with Crippen LogP contribution in [0.1, 0.15) is 10.5 Å². The van der Waals surface area contributed by atoms with E-state index in [-0.39, 0.29) is 17.2 Å². The Balaban J connectivity index is 2.20. The van der Waals surface area contributed by atoms with Crippen LogP contribution in [0.3, 0.4) is 0 Å². The van der Waals surface area contributed by atoms with Gasteiger partial charge >= 0.3 is 0 Å². The zero-order valence-electron chi connectivity index (χ0n) is 9.52. The summed E-state index contributed by atoms with van der Waals surface area (Å²) in [7, 11) is 0. The van der Waals surface area contributed by atoms with E-state index in [9.17, 15) is 13.6 Å². The zero-order chi connectivity index (χ0) is 13.8. The highest BCUT2D eigenvalue weighted by atomic mass is 19.1. The SMILES string of the molecule is NNc1cncc(C(=O)Nc2ccc(F)cc2F)n1. The summed E-state index contributed by atoms with van der Waals surface area (Å²) in [4.78, 5) is 19.3. The Bertz CT molecular complexity index is 620. The molecule has 0 spiro atoms. The van der Waals surface area contributed by atoms with E-state index in [4.69, 9.17) is 5.84 Å². The molecule has 0 aliphatic rings. The minimum atomic E-state index is -0.880. The van der Waals surface area contributed by atoms with Gasteiger partial charge in [-0.1, -0.05) is 0 Å². The van der Waals surface area contributed by atoms with Crippen LogP contribution in [0.15, 0.2) is 30.6 Å². The van der Waals surface area contributed by atoms with Crippen molar-refractivity contribution in [3.8, 4) is 0 Å². The van der Waals surface area contributed by atoms with Gasteiger partial charge < -0.3 is 10.7 Å². The number of rotatable bonds is 3. The number of carbonyl (C=O) groups excluding carboxylic acids is 1. The monoisotopic (exact) mass is 265 g/mol. The lowest BCUT2D eigenvalue weighted by molar-refractivity contribution is 0.102. The van der Waals surface area contributed by atoms with Crippen molar-refractivity contribution in [3.05, 3.63) is 47.9 Å². The molecular weight excluding hydrogens is 256 g/mol. The lowest BCUT2D eigenvalue weighted by Crippen LogP contribution is -2.17. The molecule has 98 valence electrons. The third kappa shape index (κ3) is 2.99. The van der Waals surface area contributed by atoms with E-state index in [2.05, 4.69) is 20.7 Å². The van der Waals surface area contributed by atoms with Gasteiger partial charge in [-0.15, -0.1) is 0 Å². The number of hydrazine groups is 1. The molecule has 0 atom stereocenters. The number of anilines is 2. The quantitative estimate of drug-likeness (QED) is 0.574. The number of benzene rings is 1. The topological polar surface area (TPSA) is 92.9 Å². The van der Waals surface area contributed by atoms with Crippen molar-refractivity contribution in [2.24, 2.45) is 5.84 Å². The Morgan fingerprint density at radius 3 is 2.74 bits per heavy atom. The van der Waals surface area contributed by atoms with Gasteiger partial charge in [0, 0.05) is 6.07 Å². The van der Waals surface area contributed by atoms with Crippen molar-refractivity contribution in [2.75, 3.05) is 10.7 Å². The van der Waals surface area contributed by atoms with Crippen LogP contribution < -0.4 is 16.6 Å². The number of aromatic nitrogens is 2. The van der Waals surface area contributed by atoms with Crippen LogP contribution in [-0.2, 0) is 0 Å². The molecule has 8 heteroatoms. The average Bonchev–Trinajstić information content (AvgIpc) is 2.42. The number of hydrogen-bond acceptors (Lipinski definition) is 5. The van der Waals surface area contributed by atoms with E-state index >= 15 is 0 Å². The maximum atomic E-state index is 13.3. The van der Waals surface area contributed by atoms with Crippen molar-refractivity contribution >= 4 is 17.4 Å². The summed E-state index contributed by atoms with van der Waals surface area (Å²) < 4.78 is 26.1. The Hall–Kier alpha value is -2.61. The summed E-state index contributed by atoms with van der Waals surface area (Å²) in [5.74, 6) is 3.02. The van der Waals surface area contributed by atoms with Gasteiger partial charge in [0.05, 0.1) is 18.1 Å².